The Hall–Kier alpha value is -1.75. The molecule has 0 radical (unpaired) electrons. The van der Waals surface area contributed by atoms with Gasteiger partial charge < -0.3 is 15.4 Å². The van der Waals surface area contributed by atoms with E-state index in [9.17, 15) is 4.79 Å². The fraction of sp³-hybridized carbons (Fsp3) is 0.350. The maximum absolute atomic E-state index is 12.2. The number of fused-ring (bicyclic) bond motifs is 1. The molecule has 1 aliphatic rings. The van der Waals surface area contributed by atoms with Crippen LogP contribution < -0.4 is 15.4 Å². The zero-order chi connectivity index (χ0) is 17.6. The Morgan fingerprint density at radius 2 is 2.12 bits per heavy atom. The molecule has 2 aromatic rings. The fourth-order valence-electron chi connectivity index (χ4n) is 3.20. The van der Waals surface area contributed by atoms with E-state index in [0.717, 1.165) is 18.5 Å². The van der Waals surface area contributed by atoms with E-state index >= 15 is 0 Å². The van der Waals surface area contributed by atoms with Gasteiger partial charge in [-0.25, -0.2) is 0 Å². The molecule has 0 bridgehead atoms. The number of carbonyl (C=O) groups is 1. The highest BCUT2D eigenvalue weighted by atomic mass is 35.5. The van der Waals surface area contributed by atoms with E-state index in [0.29, 0.717) is 30.2 Å². The third-order valence-corrected chi connectivity index (χ3v) is 4.87. The number of halogens is 2. The van der Waals surface area contributed by atoms with Crippen LogP contribution >= 0.6 is 24.0 Å². The van der Waals surface area contributed by atoms with Gasteiger partial charge in [-0.1, -0.05) is 41.9 Å². The summed E-state index contributed by atoms with van der Waals surface area (Å²) in [5.74, 6) is 0.703. The molecule has 1 aliphatic heterocycles. The molecule has 0 aliphatic carbocycles. The van der Waals surface area contributed by atoms with E-state index in [-0.39, 0.29) is 24.4 Å². The van der Waals surface area contributed by atoms with Crippen LogP contribution in [-0.4, -0.2) is 26.1 Å². The highest BCUT2D eigenvalue weighted by Crippen LogP contribution is 2.25. The number of aryl methyl sites for hydroxylation is 1. The first-order chi connectivity index (χ1) is 12.2. The molecule has 0 saturated heterocycles. The lowest BCUT2D eigenvalue weighted by molar-refractivity contribution is -0.121. The molecule has 2 N–H and O–H groups in total. The van der Waals surface area contributed by atoms with Gasteiger partial charge in [0.1, 0.15) is 5.75 Å². The number of hydrogen-bond acceptors (Lipinski definition) is 3. The maximum atomic E-state index is 12.2. The van der Waals surface area contributed by atoms with Crippen molar-refractivity contribution in [1.82, 2.24) is 10.6 Å². The number of rotatable bonds is 6. The third-order valence-electron chi connectivity index (χ3n) is 4.58. The summed E-state index contributed by atoms with van der Waals surface area (Å²) in [5, 5.41) is 7.09. The van der Waals surface area contributed by atoms with Crippen LogP contribution in [0.5, 0.6) is 5.75 Å². The Bertz CT molecular complexity index is 752. The highest BCUT2D eigenvalue weighted by Gasteiger charge is 2.19. The van der Waals surface area contributed by atoms with E-state index in [1.807, 2.05) is 24.3 Å². The molecule has 140 valence electrons. The summed E-state index contributed by atoms with van der Waals surface area (Å²) in [6.07, 6.45) is 2.14. The minimum atomic E-state index is 0. The topological polar surface area (TPSA) is 50.4 Å². The van der Waals surface area contributed by atoms with Gasteiger partial charge >= 0.3 is 0 Å². The number of methoxy groups -OCH3 is 1. The molecule has 3 rings (SSSR count). The Morgan fingerprint density at radius 1 is 1.31 bits per heavy atom. The number of ether oxygens (including phenoxy) is 1. The molecule has 2 aromatic carbocycles. The average Bonchev–Trinajstić information content (AvgIpc) is 2.64. The van der Waals surface area contributed by atoms with Crippen molar-refractivity contribution in [2.45, 2.75) is 25.3 Å². The first kappa shape index (κ1) is 20.6. The predicted octanol–water partition coefficient (Wildman–Crippen LogP) is 3.71. The average molecular weight is 395 g/mol. The smallest absolute Gasteiger partial charge is 0.220 e. The largest absolute Gasteiger partial charge is 0.495 e. The zero-order valence-corrected chi connectivity index (χ0v) is 16.3. The summed E-state index contributed by atoms with van der Waals surface area (Å²) in [6.45, 7) is 1.56. The number of benzene rings is 2. The van der Waals surface area contributed by atoms with E-state index in [1.165, 1.54) is 11.1 Å². The molecule has 0 saturated carbocycles. The molecule has 0 spiro atoms. The van der Waals surface area contributed by atoms with Gasteiger partial charge in [0, 0.05) is 19.0 Å². The van der Waals surface area contributed by atoms with Gasteiger partial charge in [0.05, 0.1) is 12.1 Å². The highest BCUT2D eigenvalue weighted by molar-refractivity contribution is 6.32. The van der Waals surface area contributed by atoms with E-state index < -0.39 is 0 Å². The van der Waals surface area contributed by atoms with Crippen LogP contribution in [0.15, 0.2) is 42.5 Å². The van der Waals surface area contributed by atoms with Crippen molar-refractivity contribution in [3.05, 3.63) is 64.2 Å². The molecule has 1 unspecified atom stereocenters. The maximum Gasteiger partial charge on any atom is 0.220 e. The molecule has 26 heavy (non-hydrogen) atoms. The number of carbonyl (C=O) groups excluding carboxylic acids is 1. The molecule has 6 heteroatoms. The molecular weight excluding hydrogens is 371 g/mol. The van der Waals surface area contributed by atoms with Crippen LogP contribution in [0.3, 0.4) is 0 Å². The minimum absolute atomic E-state index is 0. The molecule has 1 atom stereocenters. The quantitative estimate of drug-likeness (QED) is 0.784. The van der Waals surface area contributed by atoms with Gasteiger partial charge in [-0.2, -0.15) is 0 Å². The van der Waals surface area contributed by atoms with Crippen LogP contribution in [0.2, 0.25) is 5.02 Å². The van der Waals surface area contributed by atoms with Gasteiger partial charge in [0.15, 0.2) is 0 Å². The molecule has 0 fully saturated rings. The van der Waals surface area contributed by atoms with Crippen molar-refractivity contribution in [1.29, 1.82) is 0 Å². The lowest BCUT2D eigenvalue weighted by Gasteiger charge is -2.27. The van der Waals surface area contributed by atoms with Gasteiger partial charge in [0.25, 0.3) is 0 Å². The molecule has 1 amide bonds. The summed E-state index contributed by atoms with van der Waals surface area (Å²) >= 11 is 6.12. The van der Waals surface area contributed by atoms with Crippen molar-refractivity contribution < 1.29 is 9.53 Å². The van der Waals surface area contributed by atoms with E-state index in [1.54, 1.807) is 7.11 Å². The van der Waals surface area contributed by atoms with Crippen LogP contribution in [0.4, 0.5) is 0 Å². The van der Waals surface area contributed by atoms with Crippen molar-refractivity contribution in [2.24, 2.45) is 0 Å². The first-order valence-electron chi connectivity index (χ1n) is 8.57. The second-order valence-corrected chi connectivity index (χ2v) is 6.64. The monoisotopic (exact) mass is 394 g/mol. The normalized spacial score (nSPS) is 15.5. The standard InChI is InChI=1S/C20H23ClN2O2.ClH/c1-25-19-8-6-14(12-17(19)21)7-9-20(24)23-13-18-16-5-3-2-4-15(16)10-11-22-18;/h2-6,8,12,18,22H,7,9-11,13H2,1H3,(H,23,24);1H. The van der Waals surface area contributed by atoms with Crippen LogP contribution in [0, 0.1) is 0 Å². The van der Waals surface area contributed by atoms with E-state index in [4.69, 9.17) is 16.3 Å². The fourth-order valence-corrected chi connectivity index (χ4v) is 3.48. The predicted molar refractivity (Wildman–Crippen MR) is 107 cm³/mol. The second-order valence-electron chi connectivity index (χ2n) is 6.23. The van der Waals surface area contributed by atoms with Crippen LogP contribution in [-0.2, 0) is 17.6 Å². The molecular formula is C20H24Cl2N2O2. The van der Waals surface area contributed by atoms with Gasteiger partial charge in [-0.05, 0) is 48.2 Å². The SMILES string of the molecule is COc1ccc(CCC(=O)NCC2NCCc3ccccc32)cc1Cl.Cl. The third kappa shape index (κ3) is 5.13. The Balaban J connectivity index is 0.00000243. The summed E-state index contributed by atoms with van der Waals surface area (Å²) in [5.41, 5.74) is 3.69. The Labute approximate surface area is 165 Å². The molecule has 1 heterocycles. The lowest BCUT2D eigenvalue weighted by Crippen LogP contribution is -2.38. The summed E-state index contributed by atoms with van der Waals surface area (Å²) in [4.78, 5) is 12.2. The summed E-state index contributed by atoms with van der Waals surface area (Å²) < 4.78 is 5.14. The van der Waals surface area contributed by atoms with Crippen LogP contribution in [0.25, 0.3) is 0 Å². The minimum Gasteiger partial charge on any atom is -0.495 e. The van der Waals surface area contributed by atoms with Crippen molar-refractivity contribution in [3.8, 4) is 5.75 Å². The number of amides is 1. The van der Waals surface area contributed by atoms with Gasteiger partial charge in [0.2, 0.25) is 5.91 Å². The molecule has 4 nitrogen and oxygen atoms in total. The van der Waals surface area contributed by atoms with Crippen LogP contribution in [0.1, 0.15) is 29.2 Å². The Kier molecular flexibility index (Phi) is 7.76. The molecule has 0 aromatic heterocycles. The van der Waals surface area contributed by atoms with Crippen molar-refractivity contribution in [2.75, 3.05) is 20.2 Å². The first-order valence-corrected chi connectivity index (χ1v) is 8.95. The van der Waals surface area contributed by atoms with Crippen molar-refractivity contribution >= 4 is 29.9 Å². The Morgan fingerprint density at radius 3 is 2.88 bits per heavy atom. The van der Waals surface area contributed by atoms with Gasteiger partial charge in [-0.15, -0.1) is 12.4 Å². The summed E-state index contributed by atoms with van der Waals surface area (Å²) in [6, 6.07) is 14.2. The van der Waals surface area contributed by atoms with Crippen molar-refractivity contribution in [3.63, 3.8) is 0 Å². The number of hydrogen-bond donors (Lipinski definition) is 2. The van der Waals surface area contributed by atoms with E-state index in [2.05, 4.69) is 28.8 Å². The van der Waals surface area contributed by atoms with Gasteiger partial charge in [-0.3, -0.25) is 4.79 Å². The lowest BCUT2D eigenvalue weighted by atomic mass is 9.94. The zero-order valence-electron chi connectivity index (χ0n) is 14.8. The second kappa shape index (κ2) is 9.81. The number of nitrogens with one attached hydrogen (secondary N) is 2. The summed E-state index contributed by atoms with van der Waals surface area (Å²) in [7, 11) is 1.59.